The van der Waals surface area contributed by atoms with Crippen LogP contribution in [0.3, 0.4) is 0 Å². The number of hydrogen-bond donors (Lipinski definition) is 3. The van der Waals surface area contributed by atoms with E-state index >= 15 is 0 Å². The summed E-state index contributed by atoms with van der Waals surface area (Å²) < 4.78 is 26.0. The first-order chi connectivity index (χ1) is 19.2. The number of rotatable bonds is 7. The molecule has 2 aliphatic heterocycles. The van der Waals surface area contributed by atoms with E-state index in [0.29, 0.717) is 48.5 Å². The number of nitrogens with two attached hydrogens (primary N) is 1. The van der Waals surface area contributed by atoms with Gasteiger partial charge in [-0.2, -0.15) is 4.98 Å². The zero-order valence-corrected chi connectivity index (χ0v) is 23.3. The summed E-state index contributed by atoms with van der Waals surface area (Å²) in [4.78, 5) is 29.0. The lowest BCUT2D eigenvalue weighted by Crippen LogP contribution is -2.54. The summed E-state index contributed by atoms with van der Waals surface area (Å²) in [6, 6.07) is 7.21. The number of anilines is 3. The largest absolute Gasteiger partial charge is 0.463 e. The van der Waals surface area contributed by atoms with Gasteiger partial charge in [0.25, 0.3) is 5.91 Å². The fraction of sp³-hybridized carbons (Fsp3) is 0.448. The van der Waals surface area contributed by atoms with Gasteiger partial charge >= 0.3 is 6.01 Å². The first-order valence-electron chi connectivity index (χ1n) is 13.5. The molecule has 4 N–H and O–H groups in total. The average molecular weight is 550 g/mol. The van der Waals surface area contributed by atoms with Gasteiger partial charge in [0.1, 0.15) is 5.82 Å². The van der Waals surface area contributed by atoms with Crippen LogP contribution in [0.25, 0.3) is 10.9 Å². The summed E-state index contributed by atoms with van der Waals surface area (Å²) in [6.45, 7) is 9.71. The second-order valence-electron chi connectivity index (χ2n) is 11.1. The number of piperazine rings is 1. The highest BCUT2D eigenvalue weighted by Crippen LogP contribution is 2.33. The van der Waals surface area contributed by atoms with E-state index in [-0.39, 0.29) is 22.8 Å². The Kier molecular flexibility index (Phi) is 7.86. The molecular formula is C29H36FN7O3. The lowest BCUT2D eigenvalue weighted by Gasteiger charge is -2.38. The van der Waals surface area contributed by atoms with E-state index in [9.17, 15) is 9.18 Å². The van der Waals surface area contributed by atoms with Crippen LogP contribution in [0.2, 0.25) is 0 Å². The van der Waals surface area contributed by atoms with E-state index in [4.69, 9.17) is 20.2 Å². The molecule has 2 aromatic carbocycles. The fourth-order valence-corrected chi connectivity index (χ4v) is 5.36. The van der Waals surface area contributed by atoms with Gasteiger partial charge < -0.3 is 30.7 Å². The molecule has 1 amide bonds. The van der Waals surface area contributed by atoms with Gasteiger partial charge in [0.15, 0.2) is 0 Å². The maximum Gasteiger partial charge on any atom is 0.316 e. The number of nitrogen functional groups attached to an aromatic ring is 1. The van der Waals surface area contributed by atoms with Gasteiger partial charge in [0.05, 0.1) is 30.0 Å². The minimum atomic E-state index is -0.641. The maximum atomic E-state index is 14.5. The van der Waals surface area contributed by atoms with Crippen LogP contribution < -0.4 is 26.0 Å². The first-order valence-corrected chi connectivity index (χ1v) is 13.5. The third-order valence-corrected chi connectivity index (χ3v) is 7.39. The van der Waals surface area contributed by atoms with Gasteiger partial charge in [-0.05, 0) is 44.5 Å². The van der Waals surface area contributed by atoms with E-state index < -0.39 is 11.7 Å². The van der Waals surface area contributed by atoms with Gasteiger partial charge in [-0.3, -0.25) is 9.79 Å². The standard InChI is InChI=1S/C29H36FN7O3/c1-17-13-37(14-18(2)34-17)24-6-5-21(27(38)35-20-9-19(11-32-4)25(31)23(30)10-20)26-22(24)12-33-28(36-26)40-16-29(3)7-8-39-15-29/h5-6,9-12,17-18,34H,7-8,13-16,31H2,1-4H3,(H,35,38)/t17-,18+,29?. The molecule has 0 saturated carbocycles. The number of amides is 1. The summed E-state index contributed by atoms with van der Waals surface area (Å²) in [5.41, 5.74) is 8.03. The Bertz CT molecular complexity index is 1430. The number of aliphatic imine (C=N–C) groups is 1. The van der Waals surface area contributed by atoms with Crippen LogP contribution in [0.4, 0.5) is 21.5 Å². The molecule has 10 nitrogen and oxygen atoms in total. The van der Waals surface area contributed by atoms with Crippen molar-refractivity contribution in [1.29, 1.82) is 0 Å². The average Bonchev–Trinajstić information content (AvgIpc) is 3.35. The number of nitrogens with one attached hydrogen (secondary N) is 2. The molecule has 3 atom stereocenters. The molecule has 5 rings (SSSR count). The number of ether oxygens (including phenoxy) is 2. The third kappa shape index (κ3) is 5.85. The predicted molar refractivity (Wildman–Crippen MR) is 155 cm³/mol. The lowest BCUT2D eigenvalue weighted by atomic mass is 9.91. The van der Waals surface area contributed by atoms with Crippen molar-refractivity contribution in [3.63, 3.8) is 0 Å². The first kappa shape index (κ1) is 27.7. The molecule has 0 spiro atoms. The Morgan fingerprint density at radius 3 is 2.83 bits per heavy atom. The van der Waals surface area contributed by atoms with Crippen molar-refractivity contribution < 1.29 is 18.7 Å². The number of carbonyl (C=O) groups excluding carboxylic acids is 1. The highest BCUT2D eigenvalue weighted by molar-refractivity contribution is 6.14. The highest BCUT2D eigenvalue weighted by Gasteiger charge is 2.31. The van der Waals surface area contributed by atoms with Gasteiger partial charge in [-0.1, -0.05) is 6.92 Å². The monoisotopic (exact) mass is 549 g/mol. The normalized spacial score (nSPS) is 23.2. The van der Waals surface area contributed by atoms with Gasteiger partial charge in [0.2, 0.25) is 0 Å². The zero-order valence-electron chi connectivity index (χ0n) is 23.3. The van der Waals surface area contributed by atoms with Crippen molar-refractivity contribution >= 4 is 40.1 Å². The molecule has 1 aromatic heterocycles. The minimum Gasteiger partial charge on any atom is -0.463 e. The lowest BCUT2D eigenvalue weighted by molar-refractivity contribution is 0.102. The van der Waals surface area contributed by atoms with E-state index in [1.165, 1.54) is 12.3 Å². The maximum absolute atomic E-state index is 14.5. The van der Waals surface area contributed by atoms with Crippen LogP contribution in [-0.4, -0.2) is 74.1 Å². The van der Waals surface area contributed by atoms with Crippen molar-refractivity contribution in [3.05, 3.63) is 47.4 Å². The van der Waals surface area contributed by atoms with Crippen molar-refractivity contribution in [2.45, 2.75) is 39.3 Å². The minimum absolute atomic E-state index is 0.0335. The molecule has 1 unspecified atom stereocenters. The van der Waals surface area contributed by atoms with Crippen LogP contribution in [0.15, 0.2) is 35.5 Å². The molecule has 0 radical (unpaired) electrons. The number of hydrogen-bond acceptors (Lipinski definition) is 9. The Labute approximate surface area is 233 Å². The van der Waals surface area contributed by atoms with E-state index in [1.54, 1.807) is 25.4 Å². The second-order valence-corrected chi connectivity index (χ2v) is 11.1. The quantitative estimate of drug-likeness (QED) is 0.301. The number of benzene rings is 2. The van der Waals surface area contributed by atoms with E-state index in [0.717, 1.165) is 30.6 Å². The number of aromatic nitrogens is 2. The van der Waals surface area contributed by atoms with E-state index in [2.05, 4.69) is 46.3 Å². The Morgan fingerprint density at radius 1 is 1.35 bits per heavy atom. The molecule has 2 fully saturated rings. The highest BCUT2D eigenvalue weighted by atomic mass is 19.1. The van der Waals surface area contributed by atoms with Crippen molar-refractivity contribution in [1.82, 2.24) is 15.3 Å². The van der Waals surface area contributed by atoms with E-state index in [1.807, 2.05) is 6.07 Å². The Balaban J connectivity index is 1.52. The van der Waals surface area contributed by atoms with Crippen LogP contribution in [0.5, 0.6) is 6.01 Å². The topological polar surface area (TPSA) is 127 Å². The molecule has 3 aromatic rings. The Hall–Kier alpha value is -3.83. The molecule has 11 heteroatoms. The van der Waals surface area contributed by atoms with Crippen LogP contribution in [0.1, 0.15) is 43.1 Å². The van der Waals surface area contributed by atoms with Crippen molar-refractivity contribution in [2.24, 2.45) is 10.4 Å². The Morgan fingerprint density at radius 2 is 2.12 bits per heavy atom. The molecule has 2 aliphatic rings. The van der Waals surface area contributed by atoms with Gasteiger partial charge in [-0.15, -0.1) is 0 Å². The van der Waals surface area contributed by atoms with Crippen molar-refractivity contribution in [3.8, 4) is 6.01 Å². The molecule has 3 heterocycles. The number of fused-ring (bicyclic) bond motifs is 1. The summed E-state index contributed by atoms with van der Waals surface area (Å²) >= 11 is 0. The SMILES string of the molecule is CN=Cc1cc(NC(=O)c2ccc(N3C[C@@H](C)N[C@@H](C)C3)c3cnc(OCC4(C)CCOC4)nc23)cc(F)c1N. The molecule has 40 heavy (non-hydrogen) atoms. The summed E-state index contributed by atoms with van der Waals surface area (Å²) in [6.07, 6.45) is 4.05. The molecule has 2 saturated heterocycles. The number of nitrogens with zero attached hydrogens (tertiary/aromatic N) is 4. The molecule has 0 aliphatic carbocycles. The van der Waals surface area contributed by atoms with Gasteiger partial charge in [0, 0.05) is 79.0 Å². The number of carbonyl (C=O) groups is 1. The third-order valence-electron chi connectivity index (χ3n) is 7.39. The molecule has 212 valence electrons. The summed E-state index contributed by atoms with van der Waals surface area (Å²) in [7, 11) is 1.57. The molecular weight excluding hydrogens is 513 g/mol. The fourth-order valence-electron chi connectivity index (χ4n) is 5.36. The van der Waals surface area contributed by atoms with Crippen LogP contribution in [-0.2, 0) is 4.74 Å². The summed E-state index contributed by atoms with van der Waals surface area (Å²) in [5, 5.41) is 7.08. The smallest absolute Gasteiger partial charge is 0.316 e. The second kappa shape index (κ2) is 11.3. The number of halogens is 1. The zero-order chi connectivity index (χ0) is 28.4. The van der Waals surface area contributed by atoms with Crippen LogP contribution in [0, 0.1) is 11.2 Å². The van der Waals surface area contributed by atoms with Gasteiger partial charge in [-0.25, -0.2) is 9.37 Å². The van der Waals surface area contributed by atoms with Crippen LogP contribution >= 0.6 is 0 Å². The predicted octanol–water partition coefficient (Wildman–Crippen LogP) is 3.64. The summed E-state index contributed by atoms with van der Waals surface area (Å²) in [5.74, 6) is -1.08. The molecule has 0 bridgehead atoms. The van der Waals surface area contributed by atoms with Crippen molar-refractivity contribution in [2.75, 3.05) is 55.9 Å².